The Labute approximate surface area is 218 Å². The minimum absolute atomic E-state index is 0.0957. The van der Waals surface area contributed by atoms with Gasteiger partial charge in [-0.2, -0.15) is 0 Å². The number of aliphatic hydroxyl groups is 1. The predicted octanol–water partition coefficient (Wildman–Crippen LogP) is 2.96. The molecule has 0 saturated carbocycles. The second-order valence-electron chi connectivity index (χ2n) is 8.00. The lowest BCUT2D eigenvalue weighted by atomic mass is 10.2. The first-order valence-electron chi connectivity index (χ1n) is 10.9. The number of hydrogen-bond acceptors (Lipinski definition) is 10. The molecule has 2 atom stereocenters. The number of anilines is 1. The van der Waals surface area contributed by atoms with Crippen molar-refractivity contribution < 1.29 is 23.0 Å². The van der Waals surface area contributed by atoms with Crippen molar-refractivity contribution in [3.05, 3.63) is 65.5 Å². The molecule has 194 valence electrons. The van der Waals surface area contributed by atoms with Crippen LogP contribution < -0.4 is 14.2 Å². The first kappa shape index (κ1) is 26.3. The number of pyridine rings is 1. The highest BCUT2D eigenvalue weighted by atomic mass is 35.5. The van der Waals surface area contributed by atoms with Gasteiger partial charge in [0, 0.05) is 30.4 Å². The molecule has 2 N–H and O–H groups in total. The number of nitrogens with one attached hydrogen (secondary N) is 1. The predicted molar refractivity (Wildman–Crippen MR) is 136 cm³/mol. The number of sulfonamides is 1. The molecule has 4 rings (SSSR count). The summed E-state index contributed by atoms with van der Waals surface area (Å²) in [5.74, 6) is 0.788. The molecule has 0 unspecified atom stereocenters. The first-order chi connectivity index (χ1) is 17.7. The van der Waals surface area contributed by atoms with E-state index in [-0.39, 0.29) is 22.6 Å². The van der Waals surface area contributed by atoms with Gasteiger partial charge in [-0.25, -0.2) is 18.4 Å². The third kappa shape index (κ3) is 5.33. The smallest absolute Gasteiger partial charge is 0.243 e. The third-order valence-electron chi connectivity index (χ3n) is 5.49. The Hall–Kier alpha value is -3.81. The van der Waals surface area contributed by atoms with E-state index in [4.69, 9.17) is 21.1 Å². The average molecular weight is 546 g/mol. The van der Waals surface area contributed by atoms with Gasteiger partial charge < -0.3 is 14.6 Å². The van der Waals surface area contributed by atoms with Crippen LogP contribution in [0.4, 0.5) is 5.95 Å². The summed E-state index contributed by atoms with van der Waals surface area (Å²) < 4.78 is 41.7. The molecule has 3 heterocycles. The molecular weight excluding hydrogens is 522 g/mol. The molecule has 0 saturated heterocycles. The van der Waals surface area contributed by atoms with Crippen molar-refractivity contribution in [1.82, 2.24) is 29.7 Å². The van der Waals surface area contributed by atoms with Crippen molar-refractivity contribution in [2.75, 3.05) is 18.9 Å². The Kier molecular flexibility index (Phi) is 7.57. The van der Waals surface area contributed by atoms with Crippen LogP contribution in [0.25, 0.3) is 17.1 Å². The fourth-order valence-corrected chi connectivity index (χ4v) is 4.68. The number of benzene rings is 1. The number of rotatable bonds is 9. The molecule has 0 radical (unpaired) electrons. The number of halogens is 1. The van der Waals surface area contributed by atoms with Crippen LogP contribution in [0.1, 0.15) is 24.4 Å². The van der Waals surface area contributed by atoms with E-state index in [9.17, 15) is 13.5 Å². The summed E-state index contributed by atoms with van der Waals surface area (Å²) in [6.45, 7) is 3.19. The Morgan fingerprint density at radius 2 is 1.70 bits per heavy atom. The molecule has 0 aliphatic rings. The highest BCUT2D eigenvalue weighted by molar-refractivity contribution is 7.93. The van der Waals surface area contributed by atoms with E-state index < -0.39 is 21.4 Å². The van der Waals surface area contributed by atoms with E-state index in [0.29, 0.717) is 22.7 Å². The van der Waals surface area contributed by atoms with Crippen molar-refractivity contribution in [3.63, 3.8) is 0 Å². The van der Waals surface area contributed by atoms with Gasteiger partial charge in [0.15, 0.2) is 11.6 Å². The minimum atomic E-state index is -4.25. The molecule has 4 aromatic rings. The number of nitrogens with zero attached hydrogens (tertiary/aromatic N) is 6. The van der Waals surface area contributed by atoms with Gasteiger partial charge in [-0.1, -0.05) is 17.7 Å². The molecule has 3 aromatic heterocycles. The van der Waals surface area contributed by atoms with Crippen LogP contribution in [-0.2, 0) is 10.0 Å². The molecular formula is C23H24ClN7O5S. The number of para-hydroxylation sites is 1. The molecule has 0 spiro atoms. The summed E-state index contributed by atoms with van der Waals surface area (Å²) in [5.41, 5.74) is 1.80. The molecule has 14 heteroatoms. The van der Waals surface area contributed by atoms with Gasteiger partial charge >= 0.3 is 0 Å². The maximum Gasteiger partial charge on any atom is 0.243 e. The van der Waals surface area contributed by atoms with E-state index >= 15 is 0 Å². The van der Waals surface area contributed by atoms with Crippen molar-refractivity contribution in [2.24, 2.45) is 0 Å². The Balaban J connectivity index is 1.83. The van der Waals surface area contributed by atoms with Gasteiger partial charge in [-0.3, -0.25) is 14.3 Å². The Morgan fingerprint density at radius 3 is 2.30 bits per heavy atom. The summed E-state index contributed by atoms with van der Waals surface area (Å²) in [4.78, 5) is 12.1. The number of aromatic nitrogens is 6. The van der Waals surface area contributed by atoms with E-state index in [1.54, 1.807) is 30.6 Å². The highest BCUT2D eigenvalue weighted by Crippen LogP contribution is 2.38. The number of aliphatic hydroxyl groups excluding tert-OH is 1. The average Bonchev–Trinajstić information content (AvgIpc) is 3.29. The molecule has 0 aliphatic heterocycles. The minimum Gasteiger partial charge on any atom is -0.494 e. The zero-order chi connectivity index (χ0) is 26.7. The lowest BCUT2D eigenvalue weighted by Crippen LogP contribution is -2.32. The normalized spacial score (nSPS) is 13.1. The van der Waals surface area contributed by atoms with E-state index in [2.05, 4.69) is 29.9 Å². The van der Waals surface area contributed by atoms with Crippen LogP contribution in [0.3, 0.4) is 0 Å². The second kappa shape index (κ2) is 10.7. The number of hydrogen-bond donors (Lipinski definition) is 2. The maximum absolute atomic E-state index is 13.4. The molecule has 0 fully saturated rings. The van der Waals surface area contributed by atoms with Gasteiger partial charge in [0.2, 0.25) is 16.0 Å². The van der Waals surface area contributed by atoms with Crippen molar-refractivity contribution in [1.29, 1.82) is 0 Å². The first-order valence-corrected chi connectivity index (χ1v) is 12.8. The SMILES string of the molecule is COc1cccc(OC)c1-n1c(NS(=O)(=O)[C@H](C)[C@H](O)c2ncc(Cl)cn2)nnc1-c1cncc(C)c1. The van der Waals surface area contributed by atoms with Crippen LogP contribution in [0.5, 0.6) is 11.5 Å². The van der Waals surface area contributed by atoms with Crippen LogP contribution in [0.15, 0.2) is 49.1 Å². The molecule has 1 aromatic carbocycles. The number of ether oxygens (including phenoxy) is 2. The monoisotopic (exact) mass is 545 g/mol. The summed E-state index contributed by atoms with van der Waals surface area (Å²) in [6, 6.07) is 6.95. The number of aryl methyl sites for hydroxylation is 1. The summed E-state index contributed by atoms with van der Waals surface area (Å²) >= 11 is 5.80. The van der Waals surface area contributed by atoms with E-state index in [0.717, 1.165) is 5.56 Å². The fourth-order valence-electron chi connectivity index (χ4n) is 3.55. The molecule has 0 bridgehead atoms. The topological polar surface area (TPSA) is 154 Å². The molecule has 12 nitrogen and oxygen atoms in total. The van der Waals surface area contributed by atoms with Gasteiger partial charge in [-0.15, -0.1) is 10.2 Å². The van der Waals surface area contributed by atoms with Crippen molar-refractivity contribution in [3.8, 4) is 28.6 Å². The third-order valence-corrected chi connectivity index (χ3v) is 7.39. The van der Waals surface area contributed by atoms with Gasteiger partial charge in [0.05, 0.1) is 19.2 Å². The van der Waals surface area contributed by atoms with Crippen LogP contribution >= 0.6 is 11.6 Å². The quantitative estimate of drug-likeness (QED) is 0.320. The Bertz CT molecular complexity index is 1490. The summed E-state index contributed by atoms with van der Waals surface area (Å²) in [6.07, 6.45) is 4.25. The Morgan fingerprint density at radius 1 is 1.05 bits per heavy atom. The van der Waals surface area contributed by atoms with Gasteiger partial charge in [0.25, 0.3) is 0 Å². The molecule has 37 heavy (non-hydrogen) atoms. The second-order valence-corrected chi connectivity index (χ2v) is 10.5. The molecule has 0 amide bonds. The standard InChI is InChI=1S/C23H24ClN7O5S/c1-13-8-15(10-25-9-13)22-28-29-23(31(22)19-17(35-3)6-5-7-18(19)36-4)30-37(33,34)14(2)20(32)21-26-11-16(24)12-27-21/h5-12,14,20,32H,1-4H3,(H,29,30)/t14-,20+/m1/s1. The maximum atomic E-state index is 13.4. The van der Waals surface area contributed by atoms with Crippen LogP contribution in [0.2, 0.25) is 5.02 Å². The lowest BCUT2D eigenvalue weighted by molar-refractivity contribution is 0.166. The fraction of sp³-hybridized carbons (Fsp3) is 0.261. The van der Waals surface area contributed by atoms with Gasteiger partial charge in [0.1, 0.15) is 28.5 Å². The lowest BCUT2D eigenvalue weighted by Gasteiger charge is -2.21. The molecule has 0 aliphatic carbocycles. The van der Waals surface area contributed by atoms with Crippen molar-refractivity contribution >= 4 is 27.6 Å². The van der Waals surface area contributed by atoms with Crippen LogP contribution in [0, 0.1) is 6.92 Å². The van der Waals surface area contributed by atoms with E-state index in [1.807, 2.05) is 13.0 Å². The largest absolute Gasteiger partial charge is 0.494 e. The number of methoxy groups -OCH3 is 2. The zero-order valence-corrected chi connectivity index (χ0v) is 21.9. The summed E-state index contributed by atoms with van der Waals surface area (Å²) in [7, 11) is -1.30. The zero-order valence-electron chi connectivity index (χ0n) is 20.3. The highest BCUT2D eigenvalue weighted by Gasteiger charge is 2.33. The van der Waals surface area contributed by atoms with Crippen LogP contribution in [-0.4, -0.2) is 62.7 Å². The van der Waals surface area contributed by atoms with Gasteiger partial charge in [-0.05, 0) is 37.6 Å². The van der Waals surface area contributed by atoms with E-state index in [1.165, 1.54) is 38.1 Å². The van der Waals surface area contributed by atoms with Crippen molar-refractivity contribution in [2.45, 2.75) is 25.2 Å². The summed E-state index contributed by atoms with van der Waals surface area (Å²) in [5, 5.41) is 17.9.